The Labute approximate surface area is 120 Å². The second-order valence-electron chi connectivity index (χ2n) is 4.68. The van der Waals surface area contributed by atoms with Crippen LogP contribution in [0.5, 0.6) is 0 Å². The van der Waals surface area contributed by atoms with E-state index in [2.05, 4.69) is 11.8 Å². The molecule has 1 aromatic rings. The van der Waals surface area contributed by atoms with Gasteiger partial charge in [0.05, 0.1) is 6.61 Å². The lowest BCUT2D eigenvalue weighted by molar-refractivity contribution is -0.143. The maximum absolute atomic E-state index is 13.2. The van der Waals surface area contributed by atoms with Gasteiger partial charge < -0.3 is 9.64 Å². The fourth-order valence-electron chi connectivity index (χ4n) is 2.12. The maximum atomic E-state index is 13.2. The van der Waals surface area contributed by atoms with Crippen molar-refractivity contribution >= 4 is 11.7 Å². The molecule has 0 saturated heterocycles. The Hall–Kier alpha value is -1.58. The van der Waals surface area contributed by atoms with Gasteiger partial charge in [-0.3, -0.25) is 4.79 Å². The predicted molar refractivity (Wildman–Crippen MR) is 79.4 cm³/mol. The summed E-state index contributed by atoms with van der Waals surface area (Å²) in [5.74, 6) is -0.326. The Morgan fingerprint density at radius 1 is 1.25 bits per heavy atom. The van der Waals surface area contributed by atoms with E-state index in [4.69, 9.17) is 4.74 Å². The number of esters is 1. The van der Waals surface area contributed by atoms with Gasteiger partial charge in [0, 0.05) is 25.2 Å². The highest BCUT2D eigenvalue weighted by Crippen LogP contribution is 2.16. The molecule has 0 aliphatic carbocycles. The molecule has 0 atom stereocenters. The molecule has 0 aliphatic rings. The molecule has 0 N–H and O–H groups in total. The zero-order valence-electron chi connectivity index (χ0n) is 12.4. The molecule has 20 heavy (non-hydrogen) atoms. The average molecular weight is 281 g/mol. The van der Waals surface area contributed by atoms with Gasteiger partial charge in [0.1, 0.15) is 5.82 Å². The summed E-state index contributed by atoms with van der Waals surface area (Å²) in [6, 6.07) is 6.66. The van der Waals surface area contributed by atoms with Crippen LogP contribution in [-0.2, 0) is 9.53 Å². The van der Waals surface area contributed by atoms with Crippen LogP contribution >= 0.6 is 0 Å². The van der Waals surface area contributed by atoms with Crippen molar-refractivity contribution < 1.29 is 13.9 Å². The van der Waals surface area contributed by atoms with Crippen molar-refractivity contribution in [1.82, 2.24) is 0 Å². The first-order valence-electron chi connectivity index (χ1n) is 7.33. The van der Waals surface area contributed by atoms with Gasteiger partial charge in [-0.05, 0) is 44.9 Å². The highest BCUT2D eigenvalue weighted by Gasteiger charge is 2.06. The van der Waals surface area contributed by atoms with Crippen LogP contribution in [0.25, 0.3) is 0 Å². The van der Waals surface area contributed by atoms with Gasteiger partial charge in [0.25, 0.3) is 0 Å². The molecule has 0 unspecified atom stereocenters. The minimum absolute atomic E-state index is 0.120. The van der Waals surface area contributed by atoms with Crippen LogP contribution in [0.15, 0.2) is 24.3 Å². The smallest absolute Gasteiger partial charge is 0.305 e. The summed E-state index contributed by atoms with van der Waals surface area (Å²) < 4.78 is 18.1. The van der Waals surface area contributed by atoms with Gasteiger partial charge in [0.15, 0.2) is 0 Å². The van der Waals surface area contributed by atoms with E-state index < -0.39 is 0 Å². The third-order valence-corrected chi connectivity index (χ3v) is 3.17. The van der Waals surface area contributed by atoms with Crippen LogP contribution in [0, 0.1) is 5.82 Å². The van der Waals surface area contributed by atoms with Crippen LogP contribution in [0.3, 0.4) is 0 Å². The topological polar surface area (TPSA) is 29.5 Å². The van der Waals surface area contributed by atoms with E-state index in [9.17, 15) is 9.18 Å². The number of nitrogens with zero attached hydrogens (tertiary/aromatic N) is 1. The molecule has 0 aromatic heterocycles. The molecule has 0 amide bonds. The number of anilines is 1. The molecule has 4 heteroatoms. The number of ether oxygens (including phenoxy) is 1. The van der Waals surface area contributed by atoms with Gasteiger partial charge in [-0.2, -0.15) is 0 Å². The minimum atomic E-state index is -0.205. The summed E-state index contributed by atoms with van der Waals surface area (Å²) in [6.45, 7) is 6.05. The molecule has 0 saturated carbocycles. The number of rotatable bonds is 9. The Balaban J connectivity index is 2.27. The van der Waals surface area contributed by atoms with Crippen LogP contribution in [0.1, 0.15) is 39.5 Å². The highest BCUT2D eigenvalue weighted by molar-refractivity contribution is 5.69. The zero-order valence-corrected chi connectivity index (χ0v) is 12.4. The number of unbranched alkanes of at least 4 members (excludes halogenated alkanes) is 2. The second kappa shape index (κ2) is 9.34. The van der Waals surface area contributed by atoms with Crippen LogP contribution in [0.4, 0.5) is 10.1 Å². The first-order valence-corrected chi connectivity index (χ1v) is 7.33. The van der Waals surface area contributed by atoms with Crippen LogP contribution in [-0.4, -0.2) is 25.7 Å². The molecule has 1 rings (SSSR count). The SMILES string of the molecule is CCOC(=O)CCCCCN(CC)c1cccc(F)c1. The lowest BCUT2D eigenvalue weighted by atomic mass is 10.2. The summed E-state index contributed by atoms with van der Waals surface area (Å²) in [5, 5.41) is 0. The van der Waals surface area contributed by atoms with Crippen molar-refractivity contribution in [3.63, 3.8) is 0 Å². The van der Waals surface area contributed by atoms with E-state index in [0.717, 1.165) is 38.0 Å². The van der Waals surface area contributed by atoms with E-state index in [1.807, 2.05) is 13.0 Å². The van der Waals surface area contributed by atoms with Gasteiger partial charge in [-0.15, -0.1) is 0 Å². The minimum Gasteiger partial charge on any atom is -0.466 e. The largest absolute Gasteiger partial charge is 0.466 e. The van der Waals surface area contributed by atoms with Gasteiger partial charge in [-0.25, -0.2) is 4.39 Å². The number of benzene rings is 1. The van der Waals surface area contributed by atoms with Crippen LogP contribution < -0.4 is 4.90 Å². The summed E-state index contributed by atoms with van der Waals surface area (Å²) >= 11 is 0. The van der Waals surface area contributed by atoms with E-state index in [1.54, 1.807) is 12.1 Å². The van der Waals surface area contributed by atoms with Crippen LogP contribution in [0.2, 0.25) is 0 Å². The quantitative estimate of drug-likeness (QED) is 0.509. The van der Waals surface area contributed by atoms with Crippen molar-refractivity contribution in [2.75, 3.05) is 24.6 Å². The fraction of sp³-hybridized carbons (Fsp3) is 0.562. The summed E-state index contributed by atoms with van der Waals surface area (Å²) in [4.78, 5) is 13.3. The summed E-state index contributed by atoms with van der Waals surface area (Å²) in [7, 11) is 0. The second-order valence-corrected chi connectivity index (χ2v) is 4.68. The molecule has 112 valence electrons. The Morgan fingerprint density at radius 2 is 2.05 bits per heavy atom. The molecular formula is C16H24FNO2. The van der Waals surface area contributed by atoms with Gasteiger partial charge in [0.2, 0.25) is 0 Å². The van der Waals surface area contributed by atoms with E-state index >= 15 is 0 Å². The maximum Gasteiger partial charge on any atom is 0.305 e. The number of hydrogen-bond acceptors (Lipinski definition) is 3. The Bertz CT molecular complexity index is 409. The standard InChI is InChI=1S/C16H24FNO2/c1-3-18(15-10-8-9-14(17)13-15)12-7-5-6-11-16(19)20-4-2/h8-10,13H,3-7,11-12H2,1-2H3. The van der Waals surface area contributed by atoms with Crippen molar-refractivity contribution in [3.8, 4) is 0 Å². The Morgan fingerprint density at radius 3 is 2.70 bits per heavy atom. The van der Waals surface area contributed by atoms with E-state index in [1.165, 1.54) is 6.07 Å². The first-order chi connectivity index (χ1) is 9.67. The molecule has 0 spiro atoms. The lowest BCUT2D eigenvalue weighted by Crippen LogP contribution is -2.23. The monoisotopic (exact) mass is 281 g/mol. The van der Waals surface area contributed by atoms with Crippen molar-refractivity contribution in [2.45, 2.75) is 39.5 Å². The number of carbonyl (C=O) groups excluding carboxylic acids is 1. The van der Waals surface area contributed by atoms with E-state index in [-0.39, 0.29) is 11.8 Å². The number of hydrogen-bond donors (Lipinski definition) is 0. The molecule has 0 bridgehead atoms. The van der Waals surface area contributed by atoms with Crippen molar-refractivity contribution in [2.24, 2.45) is 0 Å². The molecule has 0 aliphatic heterocycles. The predicted octanol–water partition coefficient (Wildman–Crippen LogP) is 3.78. The lowest BCUT2D eigenvalue weighted by Gasteiger charge is -2.23. The number of halogens is 1. The molecular weight excluding hydrogens is 257 g/mol. The molecule has 0 radical (unpaired) electrons. The summed E-state index contributed by atoms with van der Waals surface area (Å²) in [5.41, 5.74) is 0.915. The third kappa shape index (κ3) is 6.04. The van der Waals surface area contributed by atoms with Gasteiger partial charge >= 0.3 is 5.97 Å². The Kier molecular flexibility index (Phi) is 7.70. The average Bonchev–Trinajstić information content (AvgIpc) is 2.43. The highest BCUT2D eigenvalue weighted by atomic mass is 19.1. The molecule has 1 aromatic carbocycles. The van der Waals surface area contributed by atoms with Gasteiger partial charge in [-0.1, -0.05) is 12.5 Å². The van der Waals surface area contributed by atoms with Crippen molar-refractivity contribution in [3.05, 3.63) is 30.1 Å². The number of carbonyl (C=O) groups is 1. The molecule has 0 heterocycles. The summed E-state index contributed by atoms with van der Waals surface area (Å²) in [6.07, 6.45) is 3.30. The molecule has 3 nitrogen and oxygen atoms in total. The zero-order chi connectivity index (χ0) is 14.8. The first kappa shape index (κ1) is 16.5. The van der Waals surface area contributed by atoms with Crippen molar-refractivity contribution in [1.29, 1.82) is 0 Å². The van der Waals surface area contributed by atoms with E-state index in [0.29, 0.717) is 13.0 Å². The molecule has 0 fully saturated rings. The fourth-order valence-corrected chi connectivity index (χ4v) is 2.12. The normalized spacial score (nSPS) is 10.3. The third-order valence-electron chi connectivity index (χ3n) is 3.17.